The number of nitrogens with zero attached hydrogens (tertiary/aromatic N) is 1. The lowest BCUT2D eigenvalue weighted by atomic mass is 10.2. The molecule has 2 N–H and O–H groups in total. The third-order valence-electron chi connectivity index (χ3n) is 3.56. The van der Waals surface area contributed by atoms with Crippen LogP contribution in [-0.4, -0.2) is 24.1 Å². The van der Waals surface area contributed by atoms with Crippen LogP contribution in [0.5, 0.6) is 5.75 Å². The number of hydrogen-bond acceptors (Lipinski definition) is 4. The van der Waals surface area contributed by atoms with Crippen LogP contribution < -0.4 is 15.5 Å². The zero-order valence-corrected chi connectivity index (χ0v) is 20.2. The molecule has 0 saturated heterocycles. The molecule has 10 heteroatoms. The Kier molecular flexibility index (Phi) is 8.95. The number of amides is 2. The number of aryl methyl sites for hydroxylation is 1. The molecule has 29 heavy (non-hydrogen) atoms. The molecule has 0 aliphatic carbocycles. The number of nitrogens with one attached hydrogen (secondary N) is 2. The first-order valence-corrected chi connectivity index (χ1v) is 10.6. The van der Waals surface area contributed by atoms with Gasteiger partial charge in [0.15, 0.2) is 6.61 Å². The van der Waals surface area contributed by atoms with Gasteiger partial charge in [0, 0.05) is 15.2 Å². The van der Waals surface area contributed by atoms with Gasteiger partial charge >= 0.3 is 0 Å². The molecule has 0 spiro atoms. The largest absolute Gasteiger partial charge is 0.483 e. The van der Waals surface area contributed by atoms with Crippen molar-refractivity contribution in [3.63, 3.8) is 0 Å². The van der Waals surface area contributed by atoms with Gasteiger partial charge in [0.1, 0.15) is 5.75 Å². The molecule has 2 rings (SSSR count). The summed E-state index contributed by atoms with van der Waals surface area (Å²) in [4.78, 5) is 24.0. The highest BCUT2D eigenvalue weighted by atomic mass is 79.9. The van der Waals surface area contributed by atoms with Gasteiger partial charge in [-0.05, 0) is 65.7 Å². The monoisotopic (exact) mass is 563 g/mol. The summed E-state index contributed by atoms with van der Waals surface area (Å²) in [6, 6.07) is 8.41. The zero-order chi connectivity index (χ0) is 21.6. The normalized spacial score (nSPS) is 11.2. The molecular weight excluding hydrogens is 549 g/mol. The minimum Gasteiger partial charge on any atom is -0.483 e. The zero-order valence-electron chi connectivity index (χ0n) is 15.5. The van der Waals surface area contributed by atoms with Crippen molar-refractivity contribution in [2.45, 2.75) is 20.3 Å². The van der Waals surface area contributed by atoms with Crippen molar-refractivity contribution in [2.75, 3.05) is 11.9 Å². The average molecular weight is 566 g/mol. The molecule has 0 aliphatic heterocycles. The van der Waals surface area contributed by atoms with Crippen molar-refractivity contribution >= 4 is 78.3 Å². The molecule has 0 atom stereocenters. The summed E-state index contributed by atoms with van der Waals surface area (Å²) in [6.45, 7) is 3.31. The molecule has 154 valence electrons. The van der Waals surface area contributed by atoms with Crippen molar-refractivity contribution in [3.8, 4) is 5.75 Å². The van der Waals surface area contributed by atoms with Gasteiger partial charge in [-0.1, -0.05) is 39.1 Å². The Labute approximate surface area is 195 Å². The van der Waals surface area contributed by atoms with E-state index in [0.29, 0.717) is 27.2 Å². The van der Waals surface area contributed by atoms with Gasteiger partial charge in [0.2, 0.25) is 5.91 Å². The van der Waals surface area contributed by atoms with Crippen LogP contribution in [0, 0.1) is 6.92 Å². The van der Waals surface area contributed by atoms with Gasteiger partial charge < -0.3 is 10.1 Å². The van der Waals surface area contributed by atoms with Crippen LogP contribution in [0.15, 0.2) is 44.4 Å². The van der Waals surface area contributed by atoms with Crippen LogP contribution in [0.1, 0.15) is 18.9 Å². The molecule has 6 nitrogen and oxygen atoms in total. The highest BCUT2D eigenvalue weighted by Gasteiger charge is 2.10. The number of hydrogen-bond donors (Lipinski definition) is 2. The lowest BCUT2D eigenvalue weighted by Crippen LogP contribution is -2.26. The highest BCUT2D eigenvalue weighted by molar-refractivity contribution is 9.11. The molecule has 0 fully saturated rings. The molecule has 2 aromatic rings. The summed E-state index contributed by atoms with van der Waals surface area (Å²) in [5.74, 6) is -0.246. The van der Waals surface area contributed by atoms with E-state index in [-0.39, 0.29) is 18.9 Å². The molecule has 0 saturated carbocycles. The lowest BCUT2D eigenvalue weighted by Gasteiger charge is -2.10. The Morgan fingerprint density at radius 2 is 1.83 bits per heavy atom. The Morgan fingerprint density at radius 3 is 2.55 bits per heavy atom. The Bertz CT molecular complexity index is 968. The van der Waals surface area contributed by atoms with Crippen LogP contribution in [0.4, 0.5) is 5.69 Å². The molecule has 0 aliphatic rings. The van der Waals surface area contributed by atoms with Crippen LogP contribution in [0.2, 0.25) is 10.0 Å². The lowest BCUT2D eigenvalue weighted by molar-refractivity contribution is -0.123. The van der Waals surface area contributed by atoms with E-state index in [1.54, 1.807) is 31.2 Å². The van der Waals surface area contributed by atoms with E-state index in [1.165, 1.54) is 0 Å². The van der Waals surface area contributed by atoms with E-state index in [9.17, 15) is 9.59 Å². The summed E-state index contributed by atoms with van der Waals surface area (Å²) in [5.41, 5.74) is 4.15. The molecule has 2 aromatic carbocycles. The summed E-state index contributed by atoms with van der Waals surface area (Å²) < 4.78 is 7.15. The Balaban J connectivity index is 1.84. The topological polar surface area (TPSA) is 79.8 Å². The number of halogens is 4. The van der Waals surface area contributed by atoms with E-state index < -0.39 is 5.91 Å². The maximum Gasteiger partial charge on any atom is 0.277 e. The van der Waals surface area contributed by atoms with E-state index >= 15 is 0 Å². The predicted octanol–water partition coefficient (Wildman–Crippen LogP) is 5.73. The predicted molar refractivity (Wildman–Crippen MR) is 123 cm³/mol. The van der Waals surface area contributed by atoms with Crippen molar-refractivity contribution < 1.29 is 14.3 Å². The van der Waals surface area contributed by atoms with Gasteiger partial charge in [-0.25, -0.2) is 5.43 Å². The number of ether oxygens (including phenoxy) is 1. The fourth-order valence-electron chi connectivity index (χ4n) is 2.13. The smallest absolute Gasteiger partial charge is 0.277 e. The van der Waals surface area contributed by atoms with Gasteiger partial charge in [0.05, 0.1) is 21.6 Å². The number of anilines is 1. The molecule has 0 bridgehead atoms. The molecule has 0 unspecified atom stereocenters. The number of carbonyl (C=O) groups is 2. The molecule has 2 amide bonds. The minimum absolute atomic E-state index is 0.0264. The fourth-order valence-corrected chi connectivity index (χ4v) is 3.58. The van der Waals surface area contributed by atoms with Gasteiger partial charge in [-0.15, -0.1) is 0 Å². The summed E-state index contributed by atoms with van der Waals surface area (Å²) in [7, 11) is 0. The molecule has 0 heterocycles. The maximum atomic E-state index is 12.1. The fraction of sp³-hybridized carbons (Fsp3) is 0.211. The Hall–Kier alpha value is -1.61. The average Bonchev–Trinajstić information content (AvgIpc) is 2.64. The number of hydrazone groups is 1. The minimum atomic E-state index is -0.449. The van der Waals surface area contributed by atoms with E-state index in [2.05, 4.69) is 47.7 Å². The third kappa shape index (κ3) is 7.62. The van der Waals surface area contributed by atoms with Crippen molar-refractivity contribution in [1.82, 2.24) is 5.43 Å². The third-order valence-corrected chi connectivity index (χ3v) is 5.60. The van der Waals surface area contributed by atoms with Crippen LogP contribution in [-0.2, 0) is 9.59 Å². The second kappa shape index (κ2) is 11.0. The first-order chi connectivity index (χ1) is 13.7. The number of benzene rings is 2. The highest BCUT2D eigenvalue weighted by Crippen LogP contribution is 2.31. The maximum absolute atomic E-state index is 12.1. The molecular formula is C19H17Br2Cl2N3O3. The van der Waals surface area contributed by atoms with E-state index in [4.69, 9.17) is 27.9 Å². The first-order valence-electron chi connectivity index (χ1n) is 8.31. The summed E-state index contributed by atoms with van der Waals surface area (Å²) in [6.07, 6.45) is -0.0264. The summed E-state index contributed by atoms with van der Waals surface area (Å²) >= 11 is 18.7. The quantitative estimate of drug-likeness (QED) is 0.332. The standard InChI is InChI=1S/C19H17Br2Cl2N3O3/c1-10-5-17(14(21)8-13(10)20)29-9-19(28)26-25-11(2)6-18(27)24-16-7-12(22)3-4-15(16)23/h3-5,7-8H,6,9H2,1-2H3,(H,24,27)(H,26,28)/b25-11+. The second-order valence-electron chi connectivity index (χ2n) is 6.05. The molecule has 0 radical (unpaired) electrons. The number of carbonyl (C=O) groups excluding carboxylic acids is 2. The van der Waals surface area contributed by atoms with Gasteiger partial charge in [0.25, 0.3) is 5.91 Å². The molecule has 0 aromatic heterocycles. The van der Waals surface area contributed by atoms with E-state index in [0.717, 1.165) is 14.5 Å². The second-order valence-corrected chi connectivity index (χ2v) is 8.60. The van der Waals surface area contributed by atoms with Crippen molar-refractivity contribution in [2.24, 2.45) is 5.10 Å². The van der Waals surface area contributed by atoms with E-state index in [1.807, 2.05) is 13.0 Å². The van der Waals surface area contributed by atoms with Crippen LogP contribution >= 0.6 is 55.1 Å². The van der Waals surface area contributed by atoms with Crippen LogP contribution in [0.25, 0.3) is 0 Å². The van der Waals surface area contributed by atoms with Crippen LogP contribution in [0.3, 0.4) is 0 Å². The van der Waals surface area contributed by atoms with Gasteiger partial charge in [-0.3, -0.25) is 9.59 Å². The van der Waals surface area contributed by atoms with Crippen molar-refractivity contribution in [1.29, 1.82) is 0 Å². The summed E-state index contributed by atoms with van der Waals surface area (Å²) in [5, 5.41) is 7.39. The Morgan fingerprint density at radius 1 is 1.10 bits per heavy atom. The van der Waals surface area contributed by atoms with Gasteiger partial charge in [-0.2, -0.15) is 5.10 Å². The SMILES string of the molecule is C/C(CC(=O)Nc1cc(Cl)ccc1Cl)=N\NC(=O)COc1cc(C)c(Br)cc1Br. The first kappa shape index (κ1) is 23.7. The number of rotatable bonds is 7. The van der Waals surface area contributed by atoms with Crippen molar-refractivity contribution in [3.05, 3.63) is 54.9 Å².